The number of aliphatic hydroxyl groups is 1. The molecule has 1 aromatic rings. The highest BCUT2D eigenvalue weighted by Crippen LogP contribution is 2.20. The van der Waals surface area contributed by atoms with E-state index in [1.165, 1.54) is 0 Å². The summed E-state index contributed by atoms with van der Waals surface area (Å²) in [6.07, 6.45) is 2.88. The first kappa shape index (κ1) is 13.9. The molecule has 0 spiro atoms. The Hall–Kier alpha value is -1.51. The van der Waals surface area contributed by atoms with Crippen LogP contribution in [0.1, 0.15) is 36.8 Å². The van der Waals surface area contributed by atoms with Crippen molar-refractivity contribution in [3.8, 4) is 6.07 Å². The molecule has 2 unspecified atom stereocenters. The Bertz CT molecular complexity index is 476. The van der Waals surface area contributed by atoms with Crippen LogP contribution >= 0.6 is 0 Å². The molecule has 102 valence electrons. The number of hydrogen-bond donors (Lipinski definition) is 2. The first-order chi connectivity index (χ1) is 9.10. The van der Waals surface area contributed by atoms with Crippen LogP contribution in [0.15, 0.2) is 12.1 Å². The van der Waals surface area contributed by atoms with Gasteiger partial charge in [-0.3, -0.25) is 0 Å². The van der Waals surface area contributed by atoms with Crippen molar-refractivity contribution in [2.24, 2.45) is 0 Å². The number of halogens is 2. The fourth-order valence-electron chi connectivity index (χ4n) is 2.43. The second-order valence-electron chi connectivity index (χ2n) is 4.93. The van der Waals surface area contributed by atoms with E-state index in [0.717, 1.165) is 31.4 Å². The molecule has 0 amide bonds. The standard InChI is InChI=1S/C14H16F2N2O/c15-13-4-9(7-17)5-14(16)12(13)8-18-10-2-1-3-11(19)6-10/h4-5,10-11,18-19H,1-3,6,8H2. The average molecular weight is 266 g/mol. The molecule has 1 aromatic carbocycles. The lowest BCUT2D eigenvalue weighted by atomic mass is 9.93. The summed E-state index contributed by atoms with van der Waals surface area (Å²) in [5.41, 5.74) is -0.0779. The summed E-state index contributed by atoms with van der Waals surface area (Å²) in [6.45, 7) is 0.0702. The summed E-state index contributed by atoms with van der Waals surface area (Å²) >= 11 is 0. The SMILES string of the molecule is N#Cc1cc(F)c(CNC2CCCC(O)C2)c(F)c1. The number of benzene rings is 1. The smallest absolute Gasteiger partial charge is 0.131 e. The molecule has 2 atom stereocenters. The first-order valence-corrected chi connectivity index (χ1v) is 6.39. The van der Waals surface area contributed by atoms with E-state index >= 15 is 0 Å². The van der Waals surface area contributed by atoms with Crippen LogP contribution in [0.4, 0.5) is 8.78 Å². The van der Waals surface area contributed by atoms with Gasteiger partial charge in [-0.1, -0.05) is 0 Å². The second kappa shape index (κ2) is 6.09. The molecule has 1 saturated carbocycles. The normalized spacial score (nSPS) is 23.1. The van der Waals surface area contributed by atoms with Crippen LogP contribution in [0, 0.1) is 23.0 Å². The summed E-state index contributed by atoms with van der Waals surface area (Å²) in [5.74, 6) is -1.42. The van der Waals surface area contributed by atoms with Gasteiger partial charge < -0.3 is 10.4 Å². The summed E-state index contributed by atoms with van der Waals surface area (Å²) in [6, 6.07) is 3.87. The van der Waals surface area contributed by atoms with Crippen molar-refractivity contribution in [1.82, 2.24) is 5.32 Å². The van der Waals surface area contributed by atoms with Crippen LogP contribution in [0.5, 0.6) is 0 Å². The van der Waals surface area contributed by atoms with E-state index in [4.69, 9.17) is 5.26 Å². The van der Waals surface area contributed by atoms with Crippen LogP contribution in [-0.4, -0.2) is 17.3 Å². The maximum absolute atomic E-state index is 13.6. The van der Waals surface area contributed by atoms with Crippen LogP contribution in [0.3, 0.4) is 0 Å². The zero-order valence-electron chi connectivity index (χ0n) is 10.5. The number of nitrogens with one attached hydrogen (secondary N) is 1. The number of nitriles is 1. The van der Waals surface area contributed by atoms with Crippen molar-refractivity contribution < 1.29 is 13.9 Å². The second-order valence-corrected chi connectivity index (χ2v) is 4.93. The summed E-state index contributed by atoms with van der Waals surface area (Å²) in [7, 11) is 0. The molecule has 0 heterocycles. The highest BCUT2D eigenvalue weighted by molar-refractivity contribution is 5.34. The minimum Gasteiger partial charge on any atom is -0.393 e. The molecule has 19 heavy (non-hydrogen) atoms. The van der Waals surface area contributed by atoms with Crippen molar-refractivity contribution >= 4 is 0 Å². The number of aliphatic hydroxyl groups excluding tert-OH is 1. The van der Waals surface area contributed by atoms with Gasteiger partial charge in [0.25, 0.3) is 0 Å². The Morgan fingerprint density at radius 2 is 2.00 bits per heavy atom. The van der Waals surface area contributed by atoms with E-state index in [1.54, 1.807) is 6.07 Å². The van der Waals surface area contributed by atoms with E-state index in [9.17, 15) is 13.9 Å². The van der Waals surface area contributed by atoms with Crippen molar-refractivity contribution in [2.75, 3.05) is 0 Å². The van der Waals surface area contributed by atoms with E-state index in [1.807, 2.05) is 0 Å². The predicted molar refractivity (Wildman–Crippen MR) is 66.2 cm³/mol. The average Bonchev–Trinajstić information content (AvgIpc) is 2.37. The van der Waals surface area contributed by atoms with E-state index in [-0.39, 0.29) is 29.8 Å². The van der Waals surface area contributed by atoms with Gasteiger partial charge in [-0.15, -0.1) is 0 Å². The third-order valence-corrected chi connectivity index (χ3v) is 3.48. The van der Waals surface area contributed by atoms with E-state index in [0.29, 0.717) is 6.42 Å². The molecule has 2 rings (SSSR count). The van der Waals surface area contributed by atoms with Gasteiger partial charge >= 0.3 is 0 Å². The van der Waals surface area contributed by atoms with Gasteiger partial charge in [0.15, 0.2) is 0 Å². The zero-order valence-corrected chi connectivity index (χ0v) is 10.5. The fraction of sp³-hybridized carbons (Fsp3) is 0.500. The van der Waals surface area contributed by atoms with Crippen molar-refractivity contribution in [3.63, 3.8) is 0 Å². The minimum atomic E-state index is -0.708. The molecular formula is C14H16F2N2O. The molecule has 0 saturated heterocycles. The maximum atomic E-state index is 13.6. The highest BCUT2D eigenvalue weighted by Gasteiger charge is 2.20. The number of nitrogens with zero attached hydrogens (tertiary/aromatic N) is 1. The Kier molecular flexibility index (Phi) is 4.46. The summed E-state index contributed by atoms with van der Waals surface area (Å²) in [5, 5.41) is 21.2. The van der Waals surface area contributed by atoms with Gasteiger partial charge in [0, 0.05) is 18.2 Å². The molecule has 2 N–H and O–H groups in total. The lowest BCUT2D eigenvalue weighted by molar-refractivity contribution is 0.111. The molecule has 3 nitrogen and oxygen atoms in total. The van der Waals surface area contributed by atoms with Gasteiger partial charge in [-0.25, -0.2) is 8.78 Å². The van der Waals surface area contributed by atoms with Gasteiger partial charge in [0.1, 0.15) is 11.6 Å². The quantitative estimate of drug-likeness (QED) is 0.882. The Labute approximate surface area is 110 Å². The maximum Gasteiger partial charge on any atom is 0.131 e. The van der Waals surface area contributed by atoms with Crippen LogP contribution in [0.2, 0.25) is 0 Å². The van der Waals surface area contributed by atoms with Crippen molar-refractivity contribution in [1.29, 1.82) is 5.26 Å². The van der Waals surface area contributed by atoms with Gasteiger partial charge in [0.05, 0.1) is 17.7 Å². The molecule has 0 aromatic heterocycles. The molecule has 5 heteroatoms. The Morgan fingerprint density at radius 1 is 1.32 bits per heavy atom. The third kappa shape index (κ3) is 3.49. The van der Waals surface area contributed by atoms with Crippen LogP contribution in [-0.2, 0) is 6.54 Å². The molecule has 0 radical (unpaired) electrons. The molecule has 1 fully saturated rings. The van der Waals surface area contributed by atoms with Gasteiger partial charge in [0.2, 0.25) is 0 Å². The lowest BCUT2D eigenvalue weighted by Gasteiger charge is -2.26. The molecule has 0 aliphatic heterocycles. The monoisotopic (exact) mass is 266 g/mol. The summed E-state index contributed by atoms with van der Waals surface area (Å²) in [4.78, 5) is 0. The van der Waals surface area contributed by atoms with Crippen LogP contribution in [0.25, 0.3) is 0 Å². The number of hydrogen-bond acceptors (Lipinski definition) is 3. The first-order valence-electron chi connectivity index (χ1n) is 6.39. The van der Waals surface area contributed by atoms with E-state index < -0.39 is 11.6 Å². The van der Waals surface area contributed by atoms with E-state index in [2.05, 4.69) is 5.32 Å². The fourth-order valence-corrected chi connectivity index (χ4v) is 2.43. The van der Waals surface area contributed by atoms with Gasteiger partial charge in [-0.2, -0.15) is 5.26 Å². The lowest BCUT2D eigenvalue weighted by Crippen LogP contribution is -2.36. The summed E-state index contributed by atoms with van der Waals surface area (Å²) < 4.78 is 27.3. The van der Waals surface area contributed by atoms with Crippen molar-refractivity contribution in [2.45, 2.75) is 44.4 Å². The molecule has 1 aliphatic carbocycles. The third-order valence-electron chi connectivity index (χ3n) is 3.48. The van der Waals surface area contributed by atoms with Crippen molar-refractivity contribution in [3.05, 3.63) is 34.9 Å². The minimum absolute atomic E-state index is 0.0214. The molecular weight excluding hydrogens is 250 g/mol. The van der Waals surface area contributed by atoms with Crippen LogP contribution < -0.4 is 5.32 Å². The molecule has 0 bridgehead atoms. The number of rotatable bonds is 3. The zero-order chi connectivity index (χ0) is 13.8. The predicted octanol–water partition coefficient (Wildman–Crippen LogP) is 2.23. The van der Waals surface area contributed by atoms with Gasteiger partial charge in [-0.05, 0) is 37.8 Å². The highest BCUT2D eigenvalue weighted by atomic mass is 19.1. The topological polar surface area (TPSA) is 56.0 Å². The largest absolute Gasteiger partial charge is 0.393 e. The Morgan fingerprint density at radius 3 is 2.58 bits per heavy atom. The molecule has 1 aliphatic rings. The Balaban J connectivity index is 2.01.